The Morgan fingerprint density at radius 2 is 0.732 bits per heavy atom. The van der Waals surface area contributed by atoms with Gasteiger partial charge < -0.3 is 19.6 Å². The van der Waals surface area contributed by atoms with Gasteiger partial charge in [0.05, 0.1) is 33.8 Å². The molecular weight excluding hydrogens is 801 g/mol. The van der Waals surface area contributed by atoms with Crippen LogP contribution in [0.1, 0.15) is 0 Å². The Balaban J connectivity index is 0.000000253. The van der Waals surface area contributed by atoms with Gasteiger partial charge in [-0.1, -0.05) is 97.1 Å². The van der Waals surface area contributed by atoms with Crippen LogP contribution in [-0.2, 0) is 17.1 Å². The van der Waals surface area contributed by atoms with Gasteiger partial charge in [-0.05, 0) is 24.3 Å². The van der Waals surface area contributed by atoms with E-state index in [0.717, 1.165) is 67.6 Å². The number of hydrogen-bond donors (Lipinski definition) is 0. The van der Waals surface area contributed by atoms with Crippen LogP contribution in [0.3, 0.4) is 0 Å². The molecule has 0 bridgehead atoms. The zero-order chi connectivity index (χ0) is 40.6. The zero-order valence-corrected chi connectivity index (χ0v) is 34.0. The predicted molar refractivity (Wildman–Crippen MR) is 217 cm³/mol. The fraction of sp³-hybridized carbons (Fsp3) is 0.200. The Hall–Kier alpha value is -5.23. The van der Waals surface area contributed by atoms with Crippen LogP contribution in [0.25, 0.3) is 44.3 Å². The molecule has 0 fully saturated rings. The molecule has 0 saturated heterocycles. The maximum absolute atomic E-state index is 10.7. The quantitative estimate of drug-likeness (QED) is 0.0579. The SMILES string of the molecule is CN(C)C(=Nc1cccc2ccc(-c3ccccc3)nc12)N(C)C.CN(C)C(=Nc1cccc2ccc(-c3ccccc3)nc12)N(C)C.F[P-](F)(F)(F)(F)F.[Cu+]. The molecule has 0 spiro atoms. The van der Waals surface area contributed by atoms with E-state index in [1.807, 2.05) is 137 Å². The summed E-state index contributed by atoms with van der Waals surface area (Å²) in [6.07, 6.45) is 0. The van der Waals surface area contributed by atoms with Crippen LogP contribution in [0.15, 0.2) is 131 Å². The van der Waals surface area contributed by atoms with Crippen molar-refractivity contribution in [3.05, 3.63) is 121 Å². The second kappa shape index (κ2) is 17.7. The topological polar surface area (TPSA) is 63.5 Å². The molecule has 2 heterocycles. The monoisotopic (exact) mass is 844 g/mol. The number of aromatic nitrogens is 2. The molecule has 4 aromatic carbocycles. The molecule has 0 radical (unpaired) electrons. The largest absolute Gasteiger partial charge is 1.00 e. The molecule has 0 aliphatic heterocycles. The molecule has 6 aromatic rings. The maximum atomic E-state index is 9.87. The van der Waals surface area contributed by atoms with Gasteiger partial charge in [0, 0.05) is 78.3 Å². The predicted octanol–water partition coefficient (Wildman–Crippen LogP) is 11.4. The van der Waals surface area contributed by atoms with Crippen LogP contribution in [0.5, 0.6) is 0 Å². The number of guanidine groups is 2. The molecule has 0 atom stereocenters. The van der Waals surface area contributed by atoms with Gasteiger partial charge in [-0.25, -0.2) is 20.0 Å². The molecule has 0 N–H and O–H groups in total. The van der Waals surface area contributed by atoms with Gasteiger partial charge in [0.25, 0.3) is 0 Å². The molecule has 0 saturated carbocycles. The first kappa shape index (κ1) is 45.2. The number of halogens is 6. The van der Waals surface area contributed by atoms with Crippen molar-refractivity contribution in [3.8, 4) is 22.5 Å². The summed E-state index contributed by atoms with van der Waals surface area (Å²) in [6.45, 7) is 0. The van der Waals surface area contributed by atoms with Crippen LogP contribution < -0.4 is 0 Å². The summed E-state index contributed by atoms with van der Waals surface area (Å²) in [5.41, 5.74) is 7.73. The second-order valence-corrected chi connectivity index (χ2v) is 15.1. The van der Waals surface area contributed by atoms with Crippen LogP contribution in [-0.4, -0.2) is 97.9 Å². The van der Waals surface area contributed by atoms with Gasteiger partial charge in [-0.3, -0.25) is 0 Å². The smallest absolute Gasteiger partial charge is 1.00 e. The summed E-state index contributed by atoms with van der Waals surface area (Å²) in [5.74, 6) is 1.77. The summed E-state index contributed by atoms with van der Waals surface area (Å²) in [7, 11) is 5.29. The molecular formula is C40H44CuF6N8P. The first-order chi connectivity index (χ1) is 25.6. The van der Waals surface area contributed by atoms with Crippen molar-refractivity contribution in [2.75, 3.05) is 56.4 Å². The molecule has 2 aromatic heterocycles. The fourth-order valence-electron chi connectivity index (χ4n) is 5.40. The summed E-state index contributed by atoms with van der Waals surface area (Å²) < 4.78 is 59.2. The van der Waals surface area contributed by atoms with Gasteiger partial charge in [0.2, 0.25) is 11.9 Å². The molecule has 8 nitrogen and oxygen atoms in total. The third-order valence-corrected chi connectivity index (χ3v) is 7.58. The molecule has 6 rings (SSSR count). The van der Waals surface area contributed by atoms with Crippen molar-refractivity contribution in [2.45, 2.75) is 0 Å². The van der Waals surface area contributed by atoms with Gasteiger partial charge in [-0.15, -0.1) is 0 Å². The van der Waals surface area contributed by atoms with Gasteiger partial charge >= 0.3 is 50.1 Å². The molecule has 56 heavy (non-hydrogen) atoms. The number of benzene rings is 4. The standard InChI is InChI=1S/2C20H22N4.Cu.F6P/c2*1-23(2)20(24(3)4)22-18-12-8-11-16-13-14-17(21-19(16)18)15-9-6-5-7-10-15;;1-7(2,3,4,5)6/h2*5-14H,1-4H3;;/q;;+1;-1. The van der Waals surface area contributed by atoms with Crippen molar-refractivity contribution in [2.24, 2.45) is 9.98 Å². The number of fused-ring (bicyclic) bond motifs is 2. The molecule has 0 aliphatic rings. The van der Waals surface area contributed by atoms with Crippen LogP contribution >= 0.6 is 7.81 Å². The van der Waals surface area contributed by atoms with E-state index in [9.17, 15) is 25.2 Å². The van der Waals surface area contributed by atoms with E-state index in [1.54, 1.807) is 0 Å². The first-order valence-corrected chi connectivity index (χ1v) is 18.9. The average Bonchev–Trinajstić information content (AvgIpc) is 3.11. The fourth-order valence-corrected chi connectivity index (χ4v) is 5.40. The summed E-state index contributed by atoms with van der Waals surface area (Å²) in [4.78, 5) is 27.4. The minimum Gasteiger partial charge on any atom is 1.00 e. The van der Waals surface area contributed by atoms with E-state index in [4.69, 9.17) is 20.0 Å². The van der Waals surface area contributed by atoms with Gasteiger partial charge in [-0.2, -0.15) is 0 Å². The van der Waals surface area contributed by atoms with Gasteiger partial charge in [0.1, 0.15) is 0 Å². The first-order valence-electron chi connectivity index (χ1n) is 16.9. The number of rotatable bonds is 4. The number of aliphatic imine (C=N–C) groups is 2. The second-order valence-electron chi connectivity index (χ2n) is 13.2. The minimum atomic E-state index is -10.7. The van der Waals surface area contributed by atoms with Gasteiger partial charge in [0.15, 0.2) is 0 Å². The van der Waals surface area contributed by atoms with Crippen molar-refractivity contribution < 1.29 is 42.3 Å². The van der Waals surface area contributed by atoms with Crippen molar-refractivity contribution in [1.29, 1.82) is 0 Å². The Morgan fingerprint density at radius 1 is 0.429 bits per heavy atom. The summed E-state index contributed by atoms with van der Waals surface area (Å²) in [6, 6.07) is 41.0. The van der Waals surface area contributed by atoms with E-state index in [1.165, 1.54) is 0 Å². The van der Waals surface area contributed by atoms with Crippen LogP contribution in [0.2, 0.25) is 0 Å². The average molecular weight is 845 g/mol. The van der Waals surface area contributed by atoms with Crippen molar-refractivity contribution in [1.82, 2.24) is 29.6 Å². The van der Waals surface area contributed by atoms with Crippen molar-refractivity contribution in [3.63, 3.8) is 0 Å². The number of nitrogens with zero attached hydrogens (tertiary/aromatic N) is 8. The number of pyridine rings is 2. The Kier molecular flexibility index (Phi) is 14.3. The van der Waals surface area contributed by atoms with E-state index in [2.05, 4.69) is 60.7 Å². The normalized spacial score (nSPS) is 11.9. The Morgan fingerprint density at radius 3 is 1.02 bits per heavy atom. The molecule has 0 amide bonds. The van der Waals surface area contributed by atoms with E-state index in [0.29, 0.717) is 0 Å². The van der Waals surface area contributed by atoms with Crippen molar-refractivity contribution >= 4 is 52.9 Å². The number of para-hydroxylation sites is 2. The summed E-state index contributed by atoms with van der Waals surface area (Å²) in [5, 5.41) is 2.18. The minimum absolute atomic E-state index is 0. The van der Waals surface area contributed by atoms with E-state index >= 15 is 0 Å². The third kappa shape index (κ3) is 14.1. The zero-order valence-electron chi connectivity index (χ0n) is 32.1. The molecule has 302 valence electrons. The molecule has 0 aliphatic carbocycles. The number of hydrogen-bond acceptors (Lipinski definition) is 4. The molecule has 0 unspecified atom stereocenters. The molecule has 16 heteroatoms. The third-order valence-electron chi connectivity index (χ3n) is 7.58. The van der Waals surface area contributed by atoms with Crippen LogP contribution in [0.4, 0.5) is 36.6 Å². The van der Waals surface area contributed by atoms with E-state index in [-0.39, 0.29) is 17.1 Å². The van der Waals surface area contributed by atoms with E-state index < -0.39 is 7.81 Å². The Bertz CT molecular complexity index is 2110. The summed E-state index contributed by atoms with van der Waals surface area (Å²) >= 11 is 0. The Labute approximate surface area is 333 Å². The van der Waals surface area contributed by atoms with Crippen LogP contribution in [0, 0.1) is 0 Å². The maximum Gasteiger partial charge on any atom is 1.00 e.